The third-order valence-electron chi connectivity index (χ3n) is 8.75. The predicted molar refractivity (Wildman–Crippen MR) is 232 cm³/mol. The Bertz CT molecular complexity index is 2510. The van der Waals surface area contributed by atoms with Crippen molar-refractivity contribution in [1.82, 2.24) is 10.3 Å². The molecule has 1 heterocycles. The van der Waals surface area contributed by atoms with E-state index in [1.165, 1.54) is 23.1 Å². The highest BCUT2D eigenvalue weighted by Crippen LogP contribution is 2.38. The molecule has 0 radical (unpaired) electrons. The number of carbonyl (C=O) groups excluding carboxylic acids is 3. The molecule has 11 heteroatoms. The van der Waals surface area contributed by atoms with Gasteiger partial charge in [-0.2, -0.15) is 0 Å². The molecule has 9 nitrogen and oxygen atoms in total. The van der Waals surface area contributed by atoms with Crippen LogP contribution in [0.5, 0.6) is 11.5 Å². The highest BCUT2D eigenvalue weighted by Gasteiger charge is 2.24. The number of nitrogens with one attached hydrogen (secondary N) is 3. The number of thioether (sulfide) groups is 1. The molecule has 1 aromatic heterocycles. The normalized spacial score (nSPS) is 11.6. The minimum Gasteiger partial charge on any atom is -0.497 e. The molecule has 3 amide bonds. The smallest absolute Gasteiger partial charge is 0.272 e. The Kier molecular flexibility index (Phi) is 13.1. The Morgan fingerprint density at radius 3 is 2.19 bits per heavy atom. The van der Waals surface area contributed by atoms with Gasteiger partial charge in [0.15, 0.2) is 5.13 Å². The number of methoxy groups -OCH3 is 1. The number of rotatable bonds is 15. The van der Waals surface area contributed by atoms with E-state index in [4.69, 9.17) is 9.47 Å². The average Bonchev–Trinajstić information content (AvgIpc) is 3.74. The number of ether oxygens (including phenoxy) is 2. The van der Waals surface area contributed by atoms with Crippen molar-refractivity contribution in [2.75, 3.05) is 17.7 Å². The lowest BCUT2D eigenvalue weighted by atomic mass is 10.1. The van der Waals surface area contributed by atoms with Gasteiger partial charge >= 0.3 is 0 Å². The van der Waals surface area contributed by atoms with Gasteiger partial charge in [0.1, 0.15) is 29.1 Å². The molecule has 0 saturated carbocycles. The van der Waals surface area contributed by atoms with E-state index < -0.39 is 17.1 Å². The van der Waals surface area contributed by atoms with E-state index in [2.05, 4.69) is 20.9 Å². The second-order valence-corrected chi connectivity index (χ2v) is 14.9. The van der Waals surface area contributed by atoms with Gasteiger partial charge in [0.05, 0.1) is 12.8 Å². The van der Waals surface area contributed by atoms with Crippen LogP contribution in [0, 0.1) is 0 Å². The summed E-state index contributed by atoms with van der Waals surface area (Å²) in [7, 11) is 1.61. The van der Waals surface area contributed by atoms with E-state index in [9.17, 15) is 14.4 Å². The fourth-order valence-electron chi connectivity index (χ4n) is 5.81. The molecular formula is C47H38N4O5S2. The summed E-state index contributed by atoms with van der Waals surface area (Å²) in [5, 5.41) is 10.5. The summed E-state index contributed by atoms with van der Waals surface area (Å²) in [6.07, 6.45) is 1.61. The van der Waals surface area contributed by atoms with E-state index in [1.807, 2.05) is 127 Å². The van der Waals surface area contributed by atoms with Crippen LogP contribution < -0.4 is 25.4 Å². The maximum Gasteiger partial charge on any atom is 0.272 e. The molecule has 7 rings (SSSR count). The quantitative estimate of drug-likeness (QED) is 0.0698. The van der Waals surface area contributed by atoms with Gasteiger partial charge in [0, 0.05) is 27.1 Å². The molecule has 3 N–H and O–H groups in total. The van der Waals surface area contributed by atoms with Crippen LogP contribution in [0.25, 0.3) is 17.3 Å². The van der Waals surface area contributed by atoms with E-state index in [1.54, 1.807) is 55.7 Å². The molecular weight excluding hydrogens is 765 g/mol. The molecule has 0 aliphatic heterocycles. The molecule has 0 aliphatic rings. The van der Waals surface area contributed by atoms with E-state index in [0.29, 0.717) is 34.3 Å². The van der Waals surface area contributed by atoms with Crippen molar-refractivity contribution >= 4 is 57.7 Å². The van der Waals surface area contributed by atoms with Crippen LogP contribution >= 0.6 is 23.1 Å². The van der Waals surface area contributed by atoms with Gasteiger partial charge in [0.2, 0.25) is 5.91 Å². The molecule has 58 heavy (non-hydrogen) atoms. The molecule has 6 aromatic carbocycles. The lowest BCUT2D eigenvalue weighted by Crippen LogP contribution is -2.30. The second kappa shape index (κ2) is 19.3. The van der Waals surface area contributed by atoms with Crippen LogP contribution in [-0.4, -0.2) is 29.8 Å². The van der Waals surface area contributed by atoms with Gasteiger partial charge in [0.25, 0.3) is 11.8 Å². The highest BCUT2D eigenvalue weighted by molar-refractivity contribution is 8.00. The van der Waals surface area contributed by atoms with Crippen molar-refractivity contribution in [2.45, 2.75) is 16.8 Å². The lowest BCUT2D eigenvalue weighted by molar-refractivity contribution is -0.116. The first-order chi connectivity index (χ1) is 28.4. The predicted octanol–water partition coefficient (Wildman–Crippen LogP) is 10.3. The second-order valence-electron chi connectivity index (χ2n) is 12.9. The van der Waals surface area contributed by atoms with Gasteiger partial charge in [-0.3, -0.25) is 14.4 Å². The average molecular weight is 803 g/mol. The first kappa shape index (κ1) is 39.3. The first-order valence-electron chi connectivity index (χ1n) is 18.3. The molecule has 0 saturated heterocycles. The van der Waals surface area contributed by atoms with Gasteiger partial charge < -0.3 is 25.4 Å². The number of anilines is 2. The maximum absolute atomic E-state index is 13.9. The Morgan fingerprint density at radius 1 is 0.741 bits per heavy atom. The molecule has 0 aliphatic carbocycles. The molecule has 1 unspecified atom stereocenters. The van der Waals surface area contributed by atoms with Crippen molar-refractivity contribution in [3.63, 3.8) is 0 Å². The Hall–Kier alpha value is -6.95. The zero-order chi connectivity index (χ0) is 40.1. The summed E-state index contributed by atoms with van der Waals surface area (Å²) in [6, 6.07) is 50.1. The number of amides is 3. The Morgan fingerprint density at radius 2 is 1.45 bits per heavy atom. The highest BCUT2D eigenvalue weighted by atomic mass is 32.2. The number of thiazole rings is 1. The van der Waals surface area contributed by atoms with Crippen LogP contribution in [0.15, 0.2) is 180 Å². The fourth-order valence-corrected chi connectivity index (χ4v) is 7.62. The van der Waals surface area contributed by atoms with Crippen LogP contribution in [0.3, 0.4) is 0 Å². The number of benzene rings is 6. The maximum atomic E-state index is 13.9. The van der Waals surface area contributed by atoms with Gasteiger partial charge in [-0.25, -0.2) is 4.98 Å². The van der Waals surface area contributed by atoms with E-state index >= 15 is 0 Å². The number of hydrogen-bond acceptors (Lipinski definition) is 8. The SMILES string of the molecule is COc1cccc(-c2csc(NC(=O)C(Sc3cccc(NC(=O)/C(=C/c4ccc(OCc5ccccc5)cc4)NC(=O)c4ccccc4)c3)c3ccccc3)n2)c1. The summed E-state index contributed by atoms with van der Waals surface area (Å²) in [5.74, 6) is 0.185. The third kappa shape index (κ3) is 10.7. The summed E-state index contributed by atoms with van der Waals surface area (Å²) in [5.41, 5.74) is 5.07. The summed E-state index contributed by atoms with van der Waals surface area (Å²) < 4.78 is 11.3. The number of aromatic nitrogens is 1. The van der Waals surface area contributed by atoms with Crippen LogP contribution in [0.1, 0.15) is 32.3 Å². The van der Waals surface area contributed by atoms with Crippen molar-refractivity contribution in [2.24, 2.45) is 0 Å². The molecule has 288 valence electrons. The monoisotopic (exact) mass is 802 g/mol. The van der Waals surface area contributed by atoms with E-state index in [-0.39, 0.29) is 11.6 Å². The molecule has 7 aromatic rings. The molecule has 0 spiro atoms. The first-order valence-corrected chi connectivity index (χ1v) is 20.0. The van der Waals surface area contributed by atoms with Crippen molar-refractivity contribution in [3.05, 3.63) is 197 Å². The number of hydrogen-bond donors (Lipinski definition) is 3. The molecule has 0 fully saturated rings. The summed E-state index contributed by atoms with van der Waals surface area (Å²) in [6.45, 7) is 0.419. The lowest BCUT2D eigenvalue weighted by Gasteiger charge is -2.17. The van der Waals surface area contributed by atoms with Gasteiger partial charge in [-0.1, -0.05) is 109 Å². The standard InChI is InChI=1S/C47H38N4O5S2/c1-55-39-21-11-19-36(28-39)42-31-57-47(50-42)51-46(54)43(34-15-7-3-8-16-34)58-40-22-12-20-37(29-40)48-45(53)41(49-44(52)35-17-9-4-10-18-35)27-32-23-25-38(26-24-32)56-30-33-13-5-2-6-14-33/h2-29,31,43H,30H2,1H3,(H,48,53)(H,49,52)(H,50,51,54)/b41-27-. The third-order valence-corrected chi connectivity index (χ3v) is 10.8. The molecule has 1 atom stereocenters. The van der Waals surface area contributed by atoms with Crippen molar-refractivity contribution in [1.29, 1.82) is 0 Å². The topological polar surface area (TPSA) is 119 Å². The minimum absolute atomic E-state index is 0.0446. The number of carbonyl (C=O) groups is 3. The Balaban J connectivity index is 1.08. The number of nitrogens with zero attached hydrogens (tertiary/aromatic N) is 1. The Labute approximate surface area is 344 Å². The van der Waals surface area contributed by atoms with E-state index in [0.717, 1.165) is 33.0 Å². The van der Waals surface area contributed by atoms with Crippen LogP contribution in [-0.2, 0) is 16.2 Å². The largest absolute Gasteiger partial charge is 0.497 e. The molecule has 0 bridgehead atoms. The zero-order valence-electron chi connectivity index (χ0n) is 31.3. The van der Waals surface area contributed by atoms with Gasteiger partial charge in [-0.15, -0.1) is 23.1 Å². The zero-order valence-corrected chi connectivity index (χ0v) is 33.0. The van der Waals surface area contributed by atoms with Crippen LogP contribution in [0.2, 0.25) is 0 Å². The van der Waals surface area contributed by atoms with Crippen LogP contribution in [0.4, 0.5) is 10.8 Å². The summed E-state index contributed by atoms with van der Waals surface area (Å²) in [4.78, 5) is 46.5. The van der Waals surface area contributed by atoms with Crippen molar-refractivity contribution < 1.29 is 23.9 Å². The fraction of sp³-hybridized carbons (Fsp3) is 0.0638. The summed E-state index contributed by atoms with van der Waals surface area (Å²) >= 11 is 2.68. The van der Waals surface area contributed by atoms with Gasteiger partial charge in [-0.05, 0) is 77.4 Å². The minimum atomic E-state index is -0.642. The van der Waals surface area contributed by atoms with Crippen molar-refractivity contribution in [3.8, 4) is 22.8 Å².